The second-order valence-corrected chi connectivity index (χ2v) is 5.88. The maximum Gasteiger partial charge on any atom is 0.129 e. The Morgan fingerprint density at radius 2 is 1.86 bits per heavy atom. The molecule has 21 heavy (non-hydrogen) atoms. The summed E-state index contributed by atoms with van der Waals surface area (Å²) in [5, 5.41) is 3.32. The minimum atomic E-state index is 0.832. The molecule has 0 aliphatic heterocycles. The lowest BCUT2D eigenvalue weighted by Crippen LogP contribution is -2.12. The first-order valence-electron chi connectivity index (χ1n) is 7.04. The highest BCUT2D eigenvalue weighted by molar-refractivity contribution is 9.10. The summed E-state index contributed by atoms with van der Waals surface area (Å²) in [4.78, 5) is 2.06. The normalized spacial score (nSPS) is 10.5. The van der Waals surface area contributed by atoms with Crippen LogP contribution in [0.2, 0.25) is 0 Å². The molecule has 0 fully saturated rings. The first kappa shape index (κ1) is 15.9. The van der Waals surface area contributed by atoms with Crippen molar-refractivity contribution in [3.63, 3.8) is 0 Å². The highest BCUT2D eigenvalue weighted by Gasteiger charge is 2.04. The number of rotatable bonds is 6. The van der Waals surface area contributed by atoms with Crippen molar-refractivity contribution in [3.05, 3.63) is 52.5 Å². The van der Waals surface area contributed by atoms with Gasteiger partial charge in [-0.25, -0.2) is 0 Å². The van der Waals surface area contributed by atoms with E-state index >= 15 is 0 Å². The topological polar surface area (TPSA) is 24.5 Å². The van der Waals surface area contributed by atoms with Crippen LogP contribution in [0.5, 0.6) is 11.5 Å². The van der Waals surface area contributed by atoms with Crippen LogP contribution in [0, 0.1) is 0 Å². The summed E-state index contributed by atoms with van der Waals surface area (Å²) in [5.41, 5.74) is 2.35. The predicted octanol–water partition coefficient (Wildman–Crippen LogP) is 4.42. The molecule has 2 rings (SSSR count). The fourth-order valence-electron chi connectivity index (χ4n) is 1.96. The van der Waals surface area contributed by atoms with Crippen LogP contribution in [0.4, 0.5) is 5.69 Å². The molecule has 0 saturated heterocycles. The van der Waals surface area contributed by atoms with E-state index in [2.05, 4.69) is 45.2 Å². The van der Waals surface area contributed by atoms with Crippen LogP contribution in [-0.4, -0.2) is 20.6 Å². The van der Waals surface area contributed by atoms with Gasteiger partial charge in [-0.1, -0.05) is 35.0 Å². The first-order valence-corrected chi connectivity index (χ1v) is 7.84. The molecular formula is C17H21BrN2O. The average Bonchev–Trinajstić information content (AvgIpc) is 2.47. The van der Waals surface area contributed by atoms with Crippen molar-refractivity contribution in [2.75, 3.05) is 25.5 Å². The van der Waals surface area contributed by atoms with Gasteiger partial charge in [-0.05, 0) is 36.4 Å². The molecular weight excluding hydrogens is 328 g/mol. The molecule has 0 spiro atoms. The van der Waals surface area contributed by atoms with Crippen LogP contribution in [-0.2, 0) is 6.54 Å². The average molecular weight is 349 g/mol. The summed E-state index contributed by atoms with van der Waals surface area (Å²) < 4.78 is 6.99. The van der Waals surface area contributed by atoms with Gasteiger partial charge in [0.05, 0.1) is 0 Å². The summed E-state index contributed by atoms with van der Waals surface area (Å²) in [6, 6.07) is 14.1. The smallest absolute Gasteiger partial charge is 0.129 e. The van der Waals surface area contributed by atoms with E-state index in [1.165, 1.54) is 5.56 Å². The van der Waals surface area contributed by atoms with Crippen molar-refractivity contribution in [1.82, 2.24) is 5.32 Å². The summed E-state index contributed by atoms with van der Waals surface area (Å²) >= 11 is 3.60. The number of halogens is 1. The van der Waals surface area contributed by atoms with Crippen molar-refractivity contribution in [2.24, 2.45) is 0 Å². The van der Waals surface area contributed by atoms with E-state index < -0.39 is 0 Å². The van der Waals surface area contributed by atoms with E-state index in [9.17, 15) is 0 Å². The van der Waals surface area contributed by atoms with Crippen molar-refractivity contribution in [2.45, 2.75) is 13.5 Å². The maximum absolute atomic E-state index is 5.93. The predicted molar refractivity (Wildman–Crippen MR) is 92.4 cm³/mol. The Morgan fingerprint density at radius 3 is 2.52 bits per heavy atom. The van der Waals surface area contributed by atoms with Gasteiger partial charge < -0.3 is 15.0 Å². The Balaban J connectivity index is 2.12. The SMILES string of the molecule is CCNCc1ccc(Oc2cccc(N(C)C)c2)cc1Br. The molecule has 0 unspecified atom stereocenters. The third-order valence-electron chi connectivity index (χ3n) is 3.16. The Hall–Kier alpha value is -1.52. The zero-order chi connectivity index (χ0) is 15.2. The van der Waals surface area contributed by atoms with Crippen LogP contribution >= 0.6 is 15.9 Å². The highest BCUT2D eigenvalue weighted by Crippen LogP contribution is 2.28. The molecule has 2 aromatic carbocycles. The Kier molecular flexibility index (Phi) is 5.65. The molecule has 1 N–H and O–H groups in total. The van der Waals surface area contributed by atoms with E-state index in [0.717, 1.165) is 34.7 Å². The van der Waals surface area contributed by atoms with Gasteiger partial charge in [-0.15, -0.1) is 0 Å². The fourth-order valence-corrected chi connectivity index (χ4v) is 2.45. The van der Waals surface area contributed by atoms with Crippen LogP contribution < -0.4 is 15.0 Å². The molecule has 0 radical (unpaired) electrons. The Labute approximate surface area is 135 Å². The number of ether oxygens (including phenoxy) is 1. The molecule has 2 aromatic rings. The summed E-state index contributed by atoms with van der Waals surface area (Å²) in [5.74, 6) is 1.67. The molecule has 0 heterocycles. The Bertz CT molecular complexity index is 599. The van der Waals surface area contributed by atoms with E-state index in [1.807, 2.05) is 44.4 Å². The second kappa shape index (κ2) is 7.48. The third kappa shape index (κ3) is 4.48. The van der Waals surface area contributed by atoms with Gasteiger partial charge in [-0.2, -0.15) is 0 Å². The van der Waals surface area contributed by atoms with Gasteiger partial charge in [0.1, 0.15) is 11.5 Å². The van der Waals surface area contributed by atoms with Crippen LogP contribution in [0.3, 0.4) is 0 Å². The zero-order valence-electron chi connectivity index (χ0n) is 12.7. The Morgan fingerprint density at radius 1 is 1.10 bits per heavy atom. The van der Waals surface area contributed by atoms with E-state index in [-0.39, 0.29) is 0 Å². The summed E-state index contributed by atoms with van der Waals surface area (Å²) in [6.07, 6.45) is 0. The number of anilines is 1. The number of hydrogen-bond acceptors (Lipinski definition) is 3. The van der Waals surface area contributed by atoms with Gasteiger partial charge in [-0.3, -0.25) is 0 Å². The standard InChI is InChI=1S/C17H21BrN2O/c1-4-19-12-13-8-9-16(11-17(13)18)21-15-7-5-6-14(10-15)20(2)3/h5-11,19H,4,12H2,1-3H3. The highest BCUT2D eigenvalue weighted by atomic mass is 79.9. The monoisotopic (exact) mass is 348 g/mol. The summed E-state index contributed by atoms with van der Waals surface area (Å²) in [7, 11) is 4.04. The van der Waals surface area contributed by atoms with Crippen molar-refractivity contribution < 1.29 is 4.74 Å². The van der Waals surface area contributed by atoms with Gasteiger partial charge in [0, 0.05) is 36.9 Å². The zero-order valence-corrected chi connectivity index (χ0v) is 14.3. The number of benzene rings is 2. The maximum atomic E-state index is 5.93. The number of nitrogens with zero attached hydrogens (tertiary/aromatic N) is 1. The largest absolute Gasteiger partial charge is 0.457 e. The molecule has 0 bridgehead atoms. The van der Waals surface area contributed by atoms with Gasteiger partial charge in [0.2, 0.25) is 0 Å². The van der Waals surface area contributed by atoms with E-state index in [0.29, 0.717) is 0 Å². The molecule has 0 amide bonds. The minimum absolute atomic E-state index is 0.832. The molecule has 0 atom stereocenters. The molecule has 4 heteroatoms. The first-order chi connectivity index (χ1) is 10.1. The van der Waals surface area contributed by atoms with Crippen LogP contribution in [0.1, 0.15) is 12.5 Å². The fraction of sp³-hybridized carbons (Fsp3) is 0.294. The lowest BCUT2D eigenvalue weighted by molar-refractivity contribution is 0.482. The molecule has 112 valence electrons. The number of nitrogens with one attached hydrogen (secondary N) is 1. The lowest BCUT2D eigenvalue weighted by Gasteiger charge is -2.14. The second-order valence-electron chi connectivity index (χ2n) is 5.03. The van der Waals surface area contributed by atoms with E-state index in [1.54, 1.807) is 0 Å². The molecule has 0 aliphatic carbocycles. The number of hydrogen-bond donors (Lipinski definition) is 1. The van der Waals surface area contributed by atoms with Crippen LogP contribution in [0.25, 0.3) is 0 Å². The third-order valence-corrected chi connectivity index (χ3v) is 3.90. The minimum Gasteiger partial charge on any atom is -0.457 e. The van der Waals surface area contributed by atoms with Gasteiger partial charge in [0.25, 0.3) is 0 Å². The van der Waals surface area contributed by atoms with Crippen molar-refractivity contribution in [3.8, 4) is 11.5 Å². The molecule has 0 saturated carbocycles. The summed E-state index contributed by atoms with van der Waals surface area (Å²) in [6.45, 7) is 3.92. The van der Waals surface area contributed by atoms with Crippen molar-refractivity contribution >= 4 is 21.6 Å². The molecule has 3 nitrogen and oxygen atoms in total. The van der Waals surface area contributed by atoms with Gasteiger partial charge >= 0.3 is 0 Å². The van der Waals surface area contributed by atoms with Crippen molar-refractivity contribution in [1.29, 1.82) is 0 Å². The molecule has 0 aromatic heterocycles. The van der Waals surface area contributed by atoms with Gasteiger partial charge in [0.15, 0.2) is 0 Å². The van der Waals surface area contributed by atoms with E-state index in [4.69, 9.17) is 4.74 Å². The van der Waals surface area contributed by atoms with Crippen LogP contribution in [0.15, 0.2) is 46.9 Å². The lowest BCUT2D eigenvalue weighted by atomic mass is 10.2. The molecule has 0 aliphatic rings. The quantitative estimate of drug-likeness (QED) is 0.836.